The van der Waals surface area contributed by atoms with E-state index in [9.17, 15) is 0 Å². The molecule has 0 aromatic rings. The maximum Gasteiger partial charge on any atom is 0.118 e. The van der Waals surface area contributed by atoms with Crippen molar-refractivity contribution in [2.75, 3.05) is 20.7 Å². The molecule has 0 amide bonds. The first-order valence-electron chi connectivity index (χ1n) is 4.97. The molecular formula is C12H21NO. The third-order valence-corrected chi connectivity index (χ3v) is 2.20. The number of methoxy groups -OCH3 is 1. The maximum absolute atomic E-state index is 5.09. The van der Waals surface area contributed by atoms with Gasteiger partial charge in [-0.1, -0.05) is 13.5 Å². The second kappa shape index (κ2) is 7.25. The Morgan fingerprint density at radius 3 is 2.36 bits per heavy atom. The maximum atomic E-state index is 5.09. The number of hydrogen-bond donors (Lipinski definition) is 0. The fraction of sp³-hybridized carbons (Fsp3) is 0.500. The van der Waals surface area contributed by atoms with Gasteiger partial charge in [0.25, 0.3) is 0 Å². The molecule has 0 radical (unpaired) electrons. The van der Waals surface area contributed by atoms with E-state index in [1.807, 2.05) is 6.08 Å². The van der Waals surface area contributed by atoms with Gasteiger partial charge in [-0.05, 0) is 31.6 Å². The van der Waals surface area contributed by atoms with E-state index < -0.39 is 0 Å². The molecule has 0 aromatic carbocycles. The highest BCUT2D eigenvalue weighted by Gasteiger charge is 1.97. The van der Waals surface area contributed by atoms with Gasteiger partial charge < -0.3 is 9.64 Å². The molecule has 0 aromatic heterocycles. The Morgan fingerprint density at radius 1 is 1.36 bits per heavy atom. The van der Waals surface area contributed by atoms with Crippen LogP contribution in [0.3, 0.4) is 0 Å². The minimum absolute atomic E-state index is 0.792. The smallest absolute Gasteiger partial charge is 0.118 e. The summed E-state index contributed by atoms with van der Waals surface area (Å²) in [5.74, 6) is 0.792. The molecule has 0 aliphatic rings. The Hall–Kier alpha value is -1.18. The van der Waals surface area contributed by atoms with E-state index in [4.69, 9.17) is 4.74 Å². The Balaban J connectivity index is 4.58. The van der Waals surface area contributed by atoms with Crippen LogP contribution in [0.5, 0.6) is 0 Å². The van der Waals surface area contributed by atoms with Crippen molar-refractivity contribution in [2.24, 2.45) is 0 Å². The van der Waals surface area contributed by atoms with Gasteiger partial charge in [-0.3, -0.25) is 0 Å². The lowest BCUT2D eigenvalue weighted by Crippen LogP contribution is -2.16. The van der Waals surface area contributed by atoms with Gasteiger partial charge in [0.05, 0.1) is 7.11 Å². The van der Waals surface area contributed by atoms with Crippen LogP contribution >= 0.6 is 0 Å². The summed E-state index contributed by atoms with van der Waals surface area (Å²) < 4.78 is 5.09. The molecule has 0 rings (SSSR count). The van der Waals surface area contributed by atoms with Crippen molar-refractivity contribution in [1.29, 1.82) is 0 Å². The van der Waals surface area contributed by atoms with Gasteiger partial charge in [0.15, 0.2) is 0 Å². The van der Waals surface area contributed by atoms with E-state index in [1.54, 1.807) is 13.2 Å². The van der Waals surface area contributed by atoms with Crippen LogP contribution in [0.15, 0.2) is 36.3 Å². The molecule has 0 heterocycles. The molecule has 0 saturated carbocycles. The van der Waals surface area contributed by atoms with Crippen molar-refractivity contribution in [3.8, 4) is 0 Å². The third kappa shape index (κ3) is 4.17. The van der Waals surface area contributed by atoms with E-state index in [0.717, 1.165) is 18.7 Å². The van der Waals surface area contributed by atoms with Gasteiger partial charge >= 0.3 is 0 Å². The Kier molecular flexibility index (Phi) is 6.63. The zero-order valence-corrected chi connectivity index (χ0v) is 9.71. The Morgan fingerprint density at radius 2 is 2.00 bits per heavy atom. The summed E-state index contributed by atoms with van der Waals surface area (Å²) in [6.45, 7) is 8.96. The standard InChI is InChI=1S/C12H21NO/c1-6-11(13(4)8-3)9-10-12(7-2)14-5/h7,9-10H,2,6,8H2,1,3-5H3/b11-9+,12-10+. The second-order valence-electron chi connectivity index (χ2n) is 3.00. The summed E-state index contributed by atoms with van der Waals surface area (Å²) >= 11 is 0. The van der Waals surface area contributed by atoms with Crippen LogP contribution in [-0.4, -0.2) is 25.6 Å². The molecule has 0 unspecified atom stereocenters. The first kappa shape index (κ1) is 12.8. The van der Waals surface area contributed by atoms with Crippen LogP contribution in [0, 0.1) is 0 Å². The lowest BCUT2D eigenvalue weighted by molar-refractivity contribution is 0.307. The van der Waals surface area contributed by atoms with E-state index in [-0.39, 0.29) is 0 Å². The van der Waals surface area contributed by atoms with Crippen LogP contribution in [0.4, 0.5) is 0 Å². The largest absolute Gasteiger partial charge is 0.497 e. The monoisotopic (exact) mass is 195 g/mol. The summed E-state index contributed by atoms with van der Waals surface area (Å²) in [6.07, 6.45) is 6.74. The first-order chi connectivity index (χ1) is 6.69. The van der Waals surface area contributed by atoms with Gasteiger partial charge in [0, 0.05) is 19.3 Å². The number of allylic oxidation sites excluding steroid dienone is 4. The van der Waals surface area contributed by atoms with Crippen LogP contribution in [-0.2, 0) is 4.74 Å². The van der Waals surface area contributed by atoms with Crippen LogP contribution in [0.25, 0.3) is 0 Å². The molecule has 14 heavy (non-hydrogen) atoms. The highest BCUT2D eigenvalue weighted by Crippen LogP contribution is 2.07. The lowest BCUT2D eigenvalue weighted by Gasteiger charge is -2.19. The summed E-state index contributed by atoms with van der Waals surface area (Å²) in [6, 6.07) is 0. The van der Waals surface area contributed by atoms with Gasteiger partial charge in [0.2, 0.25) is 0 Å². The minimum Gasteiger partial charge on any atom is -0.497 e. The molecule has 0 aliphatic carbocycles. The highest BCUT2D eigenvalue weighted by molar-refractivity contribution is 5.19. The zero-order valence-electron chi connectivity index (χ0n) is 9.71. The Bertz CT molecular complexity index is 228. The van der Waals surface area contributed by atoms with Crippen molar-refractivity contribution in [1.82, 2.24) is 4.90 Å². The van der Waals surface area contributed by atoms with Gasteiger partial charge in [-0.15, -0.1) is 0 Å². The number of hydrogen-bond acceptors (Lipinski definition) is 2. The Labute approximate surface area is 87.6 Å². The number of rotatable bonds is 6. The van der Waals surface area contributed by atoms with E-state index in [1.165, 1.54) is 5.70 Å². The predicted octanol–water partition coefficient (Wildman–Crippen LogP) is 2.95. The first-order valence-corrected chi connectivity index (χ1v) is 4.97. The molecule has 0 aliphatic heterocycles. The summed E-state index contributed by atoms with van der Waals surface area (Å²) in [4.78, 5) is 2.22. The highest BCUT2D eigenvalue weighted by atomic mass is 16.5. The molecule has 0 fully saturated rings. The molecule has 2 heteroatoms. The fourth-order valence-electron chi connectivity index (χ4n) is 1.12. The van der Waals surface area contributed by atoms with Crippen molar-refractivity contribution in [3.63, 3.8) is 0 Å². The lowest BCUT2D eigenvalue weighted by atomic mass is 10.2. The van der Waals surface area contributed by atoms with Crippen molar-refractivity contribution in [3.05, 3.63) is 36.3 Å². The van der Waals surface area contributed by atoms with Gasteiger partial charge in [0.1, 0.15) is 5.76 Å². The molecule has 0 bridgehead atoms. The van der Waals surface area contributed by atoms with E-state index >= 15 is 0 Å². The summed E-state index contributed by atoms with van der Waals surface area (Å²) in [5.41, 5.74) is 1.30. The molecule has 80 valence electrons. The zero-order chi connectivity index (χ0) is 11.0. The van der Waals surface area contributed by atoms with E-state index in [0.29, 0.717) is 0 Å². The van der Waals surface area contributed by atoms with Crippen molar-refractivity contribution < 1.29 is 4.74 Å². The minimum atomic E-state index is 0.792. The van der Waals surface area contributed by atoms with Crippen LogP contribution in [0.1, 0.15) is 20.3 Å². The molecule has 0 atom stereocenters. The molecule has 0 saturated heterocycles. The summed E-state index contributed by atoms with van der Waals surface area (Å²) in [7, 11) is 3.74. The SMILES string of the molecule is C=C/C(=C\C=C(/CC)N(C)CC)OC. The molecular weight excluding hydrogens is 174 g/mol. The average molecular weight is 195 g/mol. The topological polar surface area (TPSA) is 12.5 Å². The third-order valence-electron chi connectivity index (χ3n) is 2.20. The molecule has 2 nitrogen and oxygen atoms in total. The van der Waals surface area contributed by atoms with Gasteiger partial charge in [-0.25, -0.2) is 0 Å². The number of nitrogens with zero attached hydrogens (tertiary/aromatic N) is 1. The second-order valence-corrected chi connectivity index (χ2v) is 3.00. The fourth-order valence-corrected chi connectivity index (χ4v) is 1.12. The molecule has 0 N–H and O–H groups in total. The van der Waals surface area contributed by atoms with Crippen molar-refractivity contribution >= 4 is 0 Å². The van der Waals surface area contributed by atoms with Crippen LogP contribution in [0.2, 0.25) is 0 Å². The van der Waals surface area contributed by atoms with Gasteiger partial charge in [-0.2, -0.15) is 0 Å². The predicted molar refractivity (Wildman–Crippen MR) is 62.0 cm³/mol. The quantitative estimate of drug-likeness (QED) is 0.477. The normalized spacial score (nSPS) is 12.6. The molecule has 0 spiro atoms. The average Bonchev–Trinajstić information content (AvgIpc) is 2.24. The van der Waals surface area contributed by atoms with E-state index in [2.05, 4.69) is 38.5 Å². The summed E-state index contributed by atoms with van der Waals surface area (Å²) in [5, 5.41) is 0. The number of ether oxygens (including phenoxy) is 1. The van der Waals surface area contributed by atoms with Crippen LogP contribution < -0.4 is 0 Å². The van der Waals surface area contributed by atoms with Crippen molar-refractivity contribution in [2.45, 2.75) is 20.3 Å².